The number of amides is 1. The Labute approximate surface area is 81.7 Å². The average molecular weight is 195 g/mol. The molecule has 2 rings (SSSR count). The van der Waals surface area contributed by atoms with Gasteiger partial charge in [-0.15, -0.1) is 5.10 Å². The van der Waals surface area contributed by atoms with E-state index < -0.39 is 0 Å². The Morgan fingerprint density at radius 1 is 1.71 bits per heavy atom. The lowest BCUT2D eigenvalue weighted by Gasteiger charge is -2.10. The minimum absolute atomic E-state index is 0.01000. The Balaban J connectivity index is 1.78. The van der Waals surface area contributed by atoms with Crippen molar-refractivity contribution in [2.24, 2.45) is 0 Å². The molecular weight excluding hydrogens is 182 g/mol. The Morgan fingerprint density at radius 2 is 2.64 bits per heavy atom. The fourth-order valence-corrected chi connectivity index (χ4v) is 1.52. The van der Waals surface area contributed by atoms with E-state index in [-0.39, 0.29) is 18.5 Å². The topological polar surface area (TPSA) is 71.8 Å². The summed E-state index contributed by atoms with van der Waals surface area (Å²) in [4.78, 5) is 11.4. The van der Waals surface area contributed by atoms with Crippen LogP contribution in [-0.4, -0.2) is 40.0 Å². The van der Waals surface area contributed by atoms with Crippen LogP contribution in [0.4, 0.5) is 0 Å². The zero-order valence-electron chi connectivity index (χ0n) is 7.81. The van der Waals surface area contributed by atoms with Crippen molar-refractivity contribution in [2.45, 2.75) is 19.0 Å². The van der Waals surface area contributed by atoms with Crippen LogP contribution in [0.25, 0.3) is 0 Å². The second kappa shape index (κ2) is 4.19. The summed E-state index contributed by atoms with van der Waals surface area (Å²) in [7, 11) is 0. The van der Waals surface area contributed by atoms with Gasteiger partial charge in [-0.05, 0) is 13.0 Å². The summed E-state index contributed by atoms with van der Waals surface area (Å²) in [5.74, 6) is -0.01000. The van der Waals surface area contributed by atoms with Crippen molar-refractivity contribution in [1.29, 1.82) is 0 Å². The Morgan fingerprint density at radius 3 is 3.29 bits per heavy atom. The van der Waals surface area contributed by atoms with E-state index in [0.717, 1.165) is 19.5 Å². The van der Waals surface area contributed by atoms with Crippen LogP contribution in [0.3, 0.4) is 0 Å². The molecule has 1 aliphatic heterocycles. The van der Waals surface area contributed by atoms with Gasteiger partial charge in [0.2, 0.25) is 5.91 Å². The first kappa shape index (κ1) is 9.14. The summed E-state index contributed by atoms with van der Waals surface area (Å²) in [5, 5.41) is 13.5. The molecule has 1 aromatic heterocycles. The lowest BCUT2D eigenvalue weighted by atomic mass is 10.2. The summed E-state index contributed by atoms with van der Waals surface area (Å²) in [5.41, 5.74) is 0. The van der Waals surface area contributed by atoms with Crippen LogP contribution in [0.15, 0.2) is 12.4 Å². The molecule has 0 aliphatic carbocycles. The molecule has 0 aromatic carbocycles. The van der Waals surface area contributed by atoms with Gasteiger partial charge in [-0.1, -0.05) is 5.21 Å². The van der Waals surface area contributed by atoms with Crippen LogP contribution in [0.1, 0.15) is 6.42 Å². The van der Waals surface area contributed by atoms with Crippen LogP contribution in [0.5, 0.6) is 0 Å². The smallest absolute Gasteiger partial charge is 0.242 e. The Bertz CT molecular complexity index is 291. The van der Waals surface area contributed by atoms with E-state index in [1.807, 2.05) is 0 Å². The third kappa shape index (κ3) is 2.29. The van der Waals surface area contributed by atoms with Gasteiger partial charge in [0.15, 0.2) is 0 Å². The van der Waals surface area contributed by atoms with Crippen molar-refractivity contribution in [1.82, 2.24) is 25.6 Å². The fourth-order valence-electron chi connectivity index (χ4n) is 1.52. The van der Waals surface area contributed by atoms with Crippen molar-refractivity contribution < 1.29 is 4.79 Å². The molecule has 0 saturated carbocycles. The summed E-state index contributed by atoms with van der Waals surface area (Å²) >= 11 is 0. The molecule has 1 aliphatic rings. The molecule has 0 spiro atoms. The molecule has 0 radical (unpaired) electrons. The number of carbonyl (C=O) groups is 1. The van der Waals surface area contributed by atoms with Gasteiger partial charge in [0, 0.05) is 18.8 Å². The minimum Gasteiger partial charge on any atom is -0.350 e. The highest BCUT2D eigenvalue weighted by atomic mass is 16.2. The van der Waals surface area contributed by atoms with Crippen molar-refractivity contribution in [2.75, 3.05) is 13.1 Å². The monoisotopic (exact) mass is 195 g/mol. The Kier molecular flexibility index (Phi) is 2.73. The molecular formula is C8H13N5O. The second-order valence-corrected chi connectivity index (χ2v) is 3.36. The van der Waals surface area contributed by atoms with E-state index in [4.69, 9.17) is 0 Å². The van der Waals surface area contributed by atoms with Gasteiger partial charge in [0.05, 0.1) is 6.20 Å². The van der Waals surface area contributed by atoms with Crippen LogP contribution in [0.2, 0.25) is 0 Å². The van der Waals surface area contributed by atoms with Gasteiger partial charge in [0.1, 0.15) is 6.54 Å². The van der Waals surface area contributed by atoms with Gasteiger partial charge < -0.3 is 10.6 Å². The SMILES string of the molecule is O=C(Cn1ccnn1)NC1CCNC1. The van der Waals surface area contributed by atoms with Gasteiger partial charge in [-0.2, -0.15) is 0 Å². The van der Waals surface area contributed by atoms with E-state index in [2.05, 4.69) is 20.9 Å². The molecule has 1 amide bonds. The third-order valence-electron chi connectivity index (χ3n) is 2.20. The number of nitrogens with zero attached hydrogens (tertiary/aromatic N) is 3. The number of hydrogen-bond acceptors (Lipinski definition) is 4. The van der Waals surface area contributed by atoms with Gasteiger partial charge in [0.25, 0.3) is 0 Å². The standard InChI is InChI=1S/C8H13N5O/c14-8(6-13-4-3-10-12-13)11-7-1-2-9-5-7/h3-4,7,9H,1-2,5-6H2,(H,11,14). The fraction of sp³-hybridized carbons (Fsp3) is 0.625. The van der Waals surface area contributed by atoms with Crippen LogP contribution >= 0.6 is 0 Å². The zero-order valence-corrected chi connectivity index (χ0v) is 7.81. The van der Waals surface area contributed by atoms with Crippen LogP contribution in [-0.2, 0) is 11.3 Å². The number of nitrogens with one attached hydrogen (secondary N) is 2. The maximum Gasteiger partial charge on any atom is 0.242 e. The normalized spacial score (nSPS) is 21.0. The summed E-state index contributed by atoms with van der Waals surface area (Å²) < 4.78 is 1.51. The minimum atomic E-state index is -0.01000. The number of carbonyl (C=O) groups excluding carboxylic acids is 1. The van der Waals surface area contributed by atoms with Gasteiger partial charge in [-0.25, -0.2) is 4.68 Å². The summed E-state index contributed by atoms with van der Waals surface area (Å²) in [6, 6.07) is 0.269. The van der Waals surface area contributed by atoms with Crippen molar-refractivity contribution in [3.63, 3.8) is 0 Å². The van der Waals surface area contributed by atoms with Gasteiger partial charge >= 0.3 is 0 Å². The molecule has 1 unspecified atom stereocenters. The first-order chi connectivity index (χ1) is 6.84. The molecule has 0 bridgehead atoms. The third-order valence-corrected chi connectivity index (χ3v) is 2.20. The quantitative estimate of drug-likeness (QED) is 0.632. The first-order valence-electron chi connectivity index (χ1n) is 4.69. The lowest BCUT2D eigenvalue weighted by Crippen LogP contribution is -2.38. The molecule has 1 atom stereocenters. The number of aromatic nitrogens is 3. The molecule has 6 heteroatoms. The maximum absolute atomic E-state index is 11.4. The van der Waals surface area contributed by atoms with E-state index in [1.54, 1.807) is 12.4 Å². The number of hydrogen-bond donors (Lipinski definition) is 2. The molecule has 76 valence electrons. The molecule has 1 aromatic rings. The van der Waals surface area contributed by atoms with Crippen molar-refractivity contribution in [3.8, 4) is 0 Å². The molecule has 1 saturated heterocycles. The zero-order chi connectivity index (χ0) is 9.80. The van der Waals surface area contributed by atoms with E-state index in [1.165, 1.54) is 4.68 Å². The highest BCUT2D eigenvalue weighted by molar-refractivity contribution is 5.75. The Hall–Kier alpha value is -1.43. The van der Waals surface area contributed by atoms with Crippen LogP contribution in [0, 0.1) is 0 Å². The van der Waals surface area contributed by atoms with E-state index in [0.29, 0.717) is 0 Å². The predicted molar refractivity (Wildman–Crippen MR) is 49.4 cm³/mol. The van der Waals surface area contributed by atoms with E-state index in [9.17, 15) is 4.79 Å². The van der Waals surface area contributed by atoms with E-state index >= 15 is 0 Å². The van der Waals surface area contributed by atoms with Crippen LogP contribution < -0.4 is 10.6 Å². The molecule has 6 nitrogen and oxygen atoms in total. The second-order valence-electron chi connectivity index (χ2n) is 3.36. The average Bonchev–Trinajstić information content (AvgIpc) is 2.76. The molecule has 2 heterocycles. The molecule has 2 N–H and O–H groups in total. The number of rotatable bonds is 3. The maximum atomic E-state index is 11.4. The summed E-state index contributed by atoms with van der Waals surface area (Å²) in [6.07, 6.45) is 4.24. The van der Waals surface area contributed by atoms with Crippen molar-refractivity contribution >= 4 is 5.91 Å². The lowest BCUT2D eigenvalue weighted by molar-refractivity contribution is -0.122. The van der Waals surface area contributed by atoms with Gasteiger partial charge in [-0.3, -0.25) is 4.79 Å². The highest BCUT2D eigenvalue weighted by Gasteiger charge is 2.16. The van der Waals surface area contributed by atoms with Crippen molar-refractivity contribution in [3.05, 3.63) is 12.4 Å². The first-order valence-corrected chi connectivity index (χ1v) is 4.69. The molecule has 14 heavy (non-hydrogen) atoms. The highest BCUT2D eigenvalue weighted by Crippen LogP contribution is 1.96. The molecule has 1 fully saturated rings. The summed E-state index contributed by atoms with van der Waals surface area (Å²) in [6.45, 7) is 2.09. The predicted octanol–water partition coefficient (Wildman–Crippen LogP) is -1.24. The largest absolute Gasteiger partial charge is 0.350 e.